The molecule has 0 bridgehead atoms. The predicted octanol–water partition coefficient (Wildman–Crippen LogP) is 7.83. The van der Waals surface area contributed by atoms with Crippen LogP contribution in [0.2, 0.25) is 0 Å². The second kappa shape index (κ2) is 11.3. The van der Waals surface area contributed by atoms with Gasteiger partial charge >= 0.3 is 0 Å². The van der Waals surface area contributed by atoms with E-state index in [0.717, 1.165) is 30.1 Å². The molecule has 1 heteroatoms. The zero-order valence-electron chi connectivity index (χ0n) is 15.4. The summed E-state index contributed by atoms with van der Waals surface area (Å²) < 4.78 is 12.0. The highest BCUT2D eigenvalue weighted by Gasteiger charge is 2.30. The maximum Gasteiger partial charge on any atom is 0.0827 e. The Morgan fingerprint density at radius 3 is 1.83 bits per heavy atom. The Bertz CT molecular complexity index is 306. The summed E-state index contributed by atoms with van der Waals surface area (Å²) in [5.41, 5.74) is 0. The van der Waals surface area contributed by atoms with Crippen LogP contribution >= 0.6 is 0 Å². The van der Waals surface area contributed by atoms with Crippen molar-refractivity contribution in [1.29, 1.82) is 0 Å². The summed E-state index contributed by atoms with van der Waals surface area (Å²) in [6, 6.07) is 0. The van der Waals surface area contributed by atoms with Gasteiger partial charge in [0.25, 0.3) is 0 Å². The van der Waals surface area contributed by atoms with Crippen LogP contribution in [0.5, 0.6) is 0 Å². The van der Waals surface area contributed by atoms with E-state index in [2.05, 4.69) is 6.92 Å². The van der Waals surface area contributed by atoms with Gasteiger partial charge in [0.15, 0.2) is 0 Å². The van der Waals surface area contributed by atoms with Crippen molar-refractivity contribution in [3.8, 4) is 0 Å². The highest BCUT2D eigenvalue weighted by molar-refractivity contribution is 4.83. The summed E-state index contributed by atoms with van der Waals surface area (Å²) in [7, 11) is 0. The molecule has 2 saturated carbocycles. The summed E-state index contributed by atoms with van der Waals surface area (Å²) in [5.74, 6) is 3.97. The molecule has 0 N–H and O–H groups in total. The molecule has 0 aliphatic heterocycles. The van der Waals surface area contributed by atoms with Gasteiger partial charge in [0.2, 0.25) is 0 Å². The molecule has 2 aliphatic carbocycles. The van der Waals surface area contributed by atoms with Gasteiger partial charge < -0.3 is 0 Å². The van der Waals surface area contributed by atoms with E-state index in [-0.39, 0.29) is 0 Å². The molecule has 134 valence electrons. The third kappa shape index (κ3) is 6.98. The first-order chi connectivity index (χ1) is 11.3. The third-order valence-electron chi connectivity index (χ3n) is 6.75. The van der Waals surface area contributed by atoms with E-state index >= 15 is 0 Å². The third-order valence-corrected chi connectivity index (χ3v) is 6.75. The molecule has 2 aliphatic rings. The molecule has 0 radical (unpaired) electrons. The Balaban J connectivity index is 1.57. The van der Waals surface area contributed by atoms with Gasteiger partial charge in [-0.15, -0.1) is 0 Å². The van der Waals surface area contributed by atoms with Crippen LogP contribution in [-0.2, 0) is 0 Å². The summed E-state index contributed by atoms with van der Waals surface area (Å²) in [6.07, 6.45) is 23.5. The molecule has 0 atom stereocenters. The minimum atomic E-state index is 0.715. The lowest BCUT2D eigenvalue weighted by molar-refractivity contribution is 0.140. The Hall–Kier alpha value is -0.330. The summed E-state index contributed by atoms with van der Waals surface area (Å²) >= 11 is 0. The van der Waals surface area contributed by atoms with Gasteiger partial charge in [-0.2, -0.15) is 0 Å². The number of unbranched alkanes of at least 4 members (excludes halogenated alkanes) is 3. The maximum absolute atomic E-state index is 12.0. The second-order valence-corrected chi connectivity index (χ2v) is 8.35. The molecule has 0 aromatic rings. The summed E-state index contributed by atoms with van der Waals surface area (Å²) in [4.78, 5) is 0. The molecule has 0 spiro atoms. The Morgan fingerprint density at radius 1 is 0.739 bits per heavy atom. The van der Waals surface area contributed by atoms with E-state index in [4.69, 9.17) is 0 Å². The molecular weight excluding hydrogens is 283 g/mol. The van der Waals surface area contributed by atoms with Crippen molar-refractivity contribution in [3.05, 3.63) is 12.4 Å². The van der Waals surface area contributed by atoms with Crippen LogP contribution in [0.4, 0.5) is 4.39 Å². The van der Waals surface area contributed by atoms with Gasteiger partial charge in [-0.25, -0.2) is 4.39 Å². The molecule has 2 rings (SSSR count). The van der Waals surface area contributed by atoms with Gasteiger partial charge in [-0.3, -0.25) is 0 Å². The molecule has 2 fully saturated rings. The van der Waals surface area contributed by atoms with Gasteiger partial charge in [0, 0.05) is 0 Å². The minimum Gasteiger partial charge on any atom is -0.216 e. The van der Waals surface area contributed by atoms with Crippen molar-refractivity contribution in [2.45, 2.75) is 103 Å². The van der Waals surface area contributed by atoms with Crippen LogP contribution in [-0.4, -0.2) is 0 Å². The first kappa shape index (κ1) is 19.0. The number of hydrogen-bond donors (Lipinski definition) is 0. The Labute approximate surface area is 144 Å². The second-order valence-electron chi connectivity index (χ2n) is 8.35. The zero-order valence-corrected chi connectivity index (χ0v) is 15.4. The highest BCUT2D eigenvalue weighted by Crippen LogP contribution is 2.43. The van der Waals surface area contributed by atoms with E-state index in [1.807, 2.05) is 0 Å². The Kier molecular flexibility index (Phi) is 9.31. The molecule has 0 aromatic carbocycles. The smallest absolute Gasteiger partial charge is 0.0827 e. The quantitative estimate of drug-likeness (QED) is 0.379. The number of rotatable bonds is 9. The number of hydrogen-bond acceptors (Lipinski definition) is 0. The van der Waals surface area contributed by atoms with Crippen molar-refractivity contribution in [2.24, 2.45) is 23.7 Å². The fourth-order valence-corrected chi connectivity index (χ4v) is 5.15. The first-order valence-electron chi connectivity index (χ1n) is 10.6. The van der Waals surface area contributed by atoms with Crippen LogP contribution in [0.1, 0.15) is 103 Å². The zero-order chi connectivity index (χ0) is 16.3. The first-order valence-corrected chi connectivity index (χ1v) is 10.6. The normalized spacial score (nSPS) is 32.4. The summed E-state index contributed by atoms with van der Waals surface area (Å²) in [6.45, 7) is 2.30. The molecule has 0 nitrogen and oxygen atoms in total. The van der Waals surface area contributed by atoms with E-state index < -0.39 is 0 Å². The summed E-state index contributed by atoms with van der Waals surface area (Å²) in [5, 5.41) is 0. The topological polar surface area (TPSA) is 0 Å². The van der Waals surface area contributed by atoms with Gasteiger partial charge in [0.05, 0.1) is 6.33 Å². The number of allylic oxidation sites excluding steroid dienone is 1. The van der Waals surface area contributed by atoms with Crippen molar-refractivity contribution >= 4 is 0 Å². The molecule has 0 unspecified atom stereocenters. The fourth-order valence-electron chi connectivity index (χ4n) is 5.15. The van der Waals surface area contributed by atoms with E-state index in [9.17, 15) is 4.39 Å². The lowest BCUT2D eigenvalue weighted by Crippen LogP contribution is -2.25. The van der Waals surface area contributed by atoms with Crippen LogP contribution in [0.15, 0.2) is 12.4 Å². The van der Waals surface area contributed by atoms with Crippen molar-refractivity contribution in [1.82, 2.24) is 0 Å². The largest absolute Gasteiger partial charge is 0.216 e. The average Bonchev–Trinajstić information content (AvgIpc) is 2.60. The van der Waals surface area contributed by atoms with E-state index in [1.165, 1.54) is 89.9 Å². The van der Waals surface area contributed by atoms with E-state index in [1.54, 1.807) is 6.08 Å². The van der Waals surface area contributed by atoms with Crippen molar-refractivity contribution in [3.63, 3.8) is 0 Å². The SMILES string of the molecule is CCCCCCC1CCC(C2CCC(CCC=CF)CC2)CC1. The van der Waals surface area contributed by atoms with Gasteiger partial charge in [-0.05, 0) is 62.2 Å². The monoisotopic (exact) mass is 322 g/mol. The standard InChI is InChI=1S/C22H39F/c1-2-3-4-5-8-19-10-14-21(15-11-19)22-16-12-20(13-17-22)9-6-7-18-23/h7,18-22H,2-6,8-17H2,1H3. The molecule has 0 amide bonds. The van der Waals surface area contributed by atoms with Gasteiger partial charge in [-0.1, -0.05) is 70.8 Å². The van der Waals surface area contributed by atoms with Crippen molar-refractivity contribution < 1.29 is 4.39 Å². The molecule has 0 heterocycles. The van der Waals surface area contributed by atoms with Crippen LogP contribution in [0.25, 0.3) is 0 Å². The van der Waals surface area contributed by atoms with Gasteiger partial charge in [0.1, 0.15) is 0 Å². The predicted molar refractivity (Wildman–Crippen MR) is 99.1 cm³/mol. The lowest BCUT2D eigenvalue weighted by Gasteiger charge is -2.38. The van der Waals surface area contributed by atoms with Crippen LogP contribution < -0.4 is 0 Å². The molecule has 0 aromatic heterocycles. The van der Waals surface area contributed by atoms with E-state index in [0.29, 0.717) is 6.33 Å². The minimum absolute atomic E-state index is 0.715. The lowest BCUT2D eigenvalue weighted by atomic mass is 9.68. The van der Waals surface area contributed by atoms with Crippen molar-refractivity contribution in [2.75, 3.05) is 0 Å². The Morgan fingerprint density at radius 2 is 1.30 bits per heavy atom. The maximum atomic E-state index is 12.0. The fraction of sp³-hybridized carbons (Fsp3) is 0.909. The molecule has 23 heavy (non-hydrogen) atoms. The molecule has 0 saturated heterocycles. The molecular formula is C22H39F. The van der Waals surface area contributed by atoms with Crippen LogP contribution in [0, 0.1) is 23.7 Å². The van der Waals surface area contributed by atoms with Crippen LogP contribution in [0.3, 0.4) is 0 Å². The highest BCUT2D eigenvalue weighted by atomic mass is 19.1. The average molecular weight is 323 g/mol. The number of halogens is 1.